The van der Waals surface area contributed by atoms with Crippen molar-refractivity contribution in [1.82, 2.24) is 4.90 Å². The quantitative estimate of drug-likeness (QED) is 0.682. The summed E-state index contributed by atoms with van der Waals surface area (Å²) in [5.41, 5.74) is 0.201. The molecule has 4 rings (SSSR count). The van der Waals surface area contributed by atoms with Crippen LogP contribution >= 0.6 is 0 Å². The summed E-state index contributed by atoms with van der Waals surface area (Å²) in [6.07, 6.45) is 1.09. The first-order valence-electron chi connectivity index (χ1n) is 9.25. The number of aliphatic hydroxyl groups is 2. The van der Waals surface area contributed by atoms with Crippen molar-refractivity contribution in [2.45, 2.75) is 18.4 Å². The van der Waals surface area contributed by atoms with Crippen LogP contribution in [0, 0.1) is 0 Å². The van der Waals surface area contributed by atoms with E-state index in [0.29, 0.717) is 41.7 Å². The summed E-state index contributed by atoms with van der Waals surface area (Å²) in [7, 11) is 0. The van der Waals surface area contributed by atoms with Crippen LogP contribution in [0.4, 0.5) is 0 Å². The van der Waals surface area contributed by atoms with Gasteiger partial charge < -0.3 is 19.5 Å². The van der Waals surface area contributed by atoms with E-state index >= 15 is 0 Å². The minimum atomic E-state index is -1.26. The van der Waals surface area contributed by atoms with E-state index in [0.717, 1.165) is 5.39 Å². The fraction of sp³-hybridized carbons (Fsp3) is 0.273. The van der Waals surface area contributed by atoms with Gasteiger partial charge in [-0.1, -0.05) is 30.3 Å². The highest BCUT2D eigenvalue weighted by Crippen LogP contribution is 2.25. The number of fused-ring (bicyclic) bond motifs is 1. The van der Waals surface area contributed by atoms with E-state index in [1.54, 1.807) is 47.4 Å². The Kier molecular flexibility index (Phi) is 4.75. The number of para-hydroxylation sites is 1. The van der Waals surface area contributed by atoms with Gasteiger partial charge in [0, 0.05) is 17.5 Å². The van der Waals surface area contributed by atoms with E-state index in [-0.39, 0.29) is 19.1 Å². The second-order valence-electron chi connectivity index (χ2n) is 7.28. The molecule has 0 saturated carbocycles. The Morgan fingerprint density at radius 1 is 1.14 bits per heavy atom. The second-order valence-corrected chi connectivity index (χ2v) is 7.28. The molecule has 1 aliphatic heterocycles. The number of likely N-dealkylation sites (tertiary alicyclic amines) is 1. The smallest absolute Gasteiger partial charge is 0.344 e. The van der Waals surface area contributed by atoms with Gasteiger partial charge in [0.2, 0.25) is 0 Å². The van der Waals surface area contributed by atoms with Crippen LogP contribution in [0.5, 0.6) is 0 Å². The van der Waals surface area contributed by atoms with Crippen LogP contribution in [0.1, 0.15) is 23.2 Å². The molecule has 2 N–H and O–H groups in total. The molecule has 1 aliphatic rings. The van der Waals surface area contributed by atoms with Crippen molar-refractivity contribution in [3.63, 3.8) is 0 Å². The molecule has 1 aromatic heterocycles. The fourth-order valence-electron chi connectivity index (χ4n) is 3.68. The molecule has 6 heteroatoms. The number of amides is 1. The molecule has 1 atom stereocenters. The molecule has 6 nitrogen and oxygen atoms in total. The van der Waals surface area contributed by atoms with Crippen molar-refractivity contribution in [3.8, 4) is 11.1 Å². The van der Waals surface area contributed by atoms with Gasteiger partial charge in [-0.05, 0) is 42.7 Å². The van der Waals surface area contributed by atoms with Crippen LogP contribution in [0.2, 0.25) is 0 Å². The number of rotatable bonds is 3. The van der Waals surface area contributed by atoms with Crippen molar-refractivity contribution in [2.75, 3.05) is 19.7 Å². The summed E-state index contributed by atoms with van der Waals surface area (Å²) in [5, 5.41) is 20.5. The molecule has 0 aliphatic carbocycles. The minimum absolute atomic E-state index is 0.0880. The Labute approximate surface area is 161 Å². The van der Waals surface area contributed by atoms with Gasteiger partial charge in [-0.3, -0.25) is 4.79 Å². The maximum atomic E-state index is 12.9. The lowest BCUT2D eigenvalue weighted by Gasteiger charge is -2.38. The molecule has 2 heterocycles. The van der Waals surface area contributed by atoms with Gasteiger partial charge >= 0.3 is 5.63 Å². The summed E-state index contributed by atoms with van der Waals surface area (Å²) in [6.45, 7) is 0.225. The molecule has 1 fully saturated rings. The Bertz CT molecular complexity index is 1090. The van der Waals surface area contributed by atoms with Crippen LogP contribution in [0.15, 0.2) is 63.8 Å². The number of benzene rings is 2. The number of β-amino-alcohol motifs (C(OH)–C–C–N with tert-alkyl or cyclic N) is 1. The largest absolute Gasteiger partial charge is 0.422 e. The number of aliphatic hydroxyl groups excluding tert-OH is 1. The highest BCUT2D eigenvalue weighted by Gasteiger charge is 2.34. The lowest BCUT2D eigenvalue weighted by molar-refractivity contribution is -0.0598. The van der Waals surface area contributed by atoms with E-state index in [2.05, 4.69) is 0 Å². The number of carbonyl (C=O) groups is 1. The predicted octanol–water partition coefficient (Wildman–Crippen LogP) is 2.42. The zero-order valence-corrected chi connectivity index (χ0v) is 15.3. The molecule has 3 aromatic rings. The summed E-state index contributed by atoms with van der Waals surface area (Å²) in [4.78, 5) is 26.9. The number of hydrogen-bond donors (Lipinski definition) is 2. The third-order valence-electron chi connectivity index (χ3n) is 5.20. The highest BCUT2D eigenvalue weighted by molar-refractivity contribution is 5.96. The van der Waals surface area contributed by atoms with E-state index in [4.69, 9.17) is 4.42 Å². The maximum Gasteiger partial charge on any atom is 0.344 e. The van der Waals surface area contributed by atoms with E-state index in [9.17, 15) is 19.8 Å². The second kappa shape index (κ2) is 7.22. The van der Waals surface area contributed by atoms with E-state index in [1.807, 2.05) is 12.1 Å². The average Bonchev–Trinajstić information content (AvgIpc) is 2.73. The van der Waals surface area contributed by atoms with Crippen LogP contribution in [-0.2, 0) is 0 Å². The van der Waals surface area contributed by atoms with E-state index < -0.39 is 11.2 Å². The van der Waals surface area contributed by atoms with Gasteiger partial charge in [0.1, 0.15) is 11.2 Å². The van der Waals surface area contributed by atoms with Gasteiger partial charge in [-0.25, -0.2) is 4.79 Å². The summed E-state index contributed by atoms with van der Waals surface area (Å²) < 4.78 is 5.39. The zero-order valence-electron chi connectivity index (χ0n) is 15.3. The topological polar surface area (TPSA) is 91.0 Å². The lowest BCUT2D eigenvalue weighted by Crippen LogP contribution is -2.52. The first-order valence-corrected chi connectivity index (χ1v) is 9.25. The summed E-state index contributed by atoms with van der Waals surface area (Å²) in [6, 6.07) is 15.9. The fourth-order valence-corrected chi connectivity index (χ4v) is 3.68. The molecule has 144 valence electrons. The molecule has 0 spiro atoms. The predicted molar refractivity (Wildman–Crippen MR) is 105 cm³/mol. The third kappa shape index (κ3) is 3.44. The highest BCUT2D eigenvalue weighted by atomic mass is 16.4. The van der Waals surface area contributed by atoms with Crippen LogP contribution in [0.3, 0.4) is 0 Å². The first kappa shape index (κ1) is 18.4. The van der Waals surface area contributed by atoms with Gasteiger partial charge in [0.05, 0.1) is 18.7 Å². The third-order valence-corrected chi connectivity index (χ3v) is 5.20. The normalized spacial score (nSPS) is 19.7. The maximum absolute atomic E-state index is 12.9. The summed E-state index contributed by atoms with van der Waals surface area (Å²) >= 11 is 0. The number of piperidine rings is 1. The van der Waals surface area contributed by atoms with Crippen molar-refractivity contribution in [2.24, 2.45) is 0 Å². The molecule has 2 aromatic carbocycles. The molecule has 28 heavy (non-hydrogen) atoms. The molecule has 1 amide bonds. The molecule has 1 unspecified atom stereocenters. The van der Waals surface area contributed by atoms with Crippen molar-refractivity contribution < 1.29 is 19.4 Å². The molecule has 0 bridgehead atoms. The molecule has 0 radical (unpaired) electrons. The molecule has 1 saturated heterocycles. The lowest BCUT2D eigenvalue weighted by atomic mass is 9.93. The Morgan fingerprint density at radius 3 is 2.79 bits per heavy atom. The van der Waals surface area contributed by atoms with Crippen LogP contribution in [0.25, 0.3) is 22.1 Å². The van der Waals surface area contributed by atoms with Gasteiger partial charge in [0.15, 0.2) is 0 Å². The minimum Gasteiger partial charge on any atom is -0.422 e. The molecular formula is C22H21NO5. The van der Waals surface area contributed by atoms with E-state index in [1.165, 1.54) is 0 Å². The van der Waals surface area contributed by atoms with Crippen LogP contribution < -0.4 is 5.63 Å². The van der Waals surface area contributed by atoms with Crippen LogP contribution in [-0.4, -0.2) is 46.3 Å². The number of hydrogen-bond acceptors (Lipinski definition) is 5. The standard InChI is InChI=1S/C22H21NO5/c24-14-22(27)9-4-10-23(13-22)20(25)17-7-3-6-15(11-17)18-12-16-5-1-2-8-19(16)28-21(18)26/h1-3,5-8,11-12,24,27H,4,9-10,13-14H2. The van der Waals surface area contributed by atoms with Crippen molar-refractivity contribution >= 4 is 16.9 Å². The van der Waals surface area contributed by atoms with Gasteiger partial charge in [-0.2, -0.15) is 0 Å². The van der Waals surface area contributed by atoms with Crippen molar-refractivity contribution in [1.29, 1.82) is 0 Å². The number of nitrogens with zero attached hydrogens (tertiary/aromatic N) is 1. The first-order chi connectivity index (χ1) is 13.5. The van der Waals surface area contributed by atoms with Gasteiger partial charge in [0.25, 0.3) is 5.91 Å². The Morgan fingerprint density at radius 2 is 1.96 bits per heavy atom. The number of carbonyl (C=O) groups excluding carboxylic acids is 1. The van der Waals surface area contributed by atoms with Crippen molar-refractivity contribution in [3.05, 3.63) is 70.6 Å². The monoisotopic (exact) mass is 379 g/mol. The Balaban J connectivity index is 1.68. The van der Waals surface area contributed by atoms with Gasteiger partial charge in [-0.15, -0.1) is 0 Å². The summed E-state index contributed by atoms with van der Waals surface area (Å²) in [5.74, 6) is -0.237. The Hall–Kier alpha value is -2.96. The molecular weight excluding hydrogens is 358 g/mol. The zero-order chi connectivity index (χ0) is 19.7. The average molecular weight is 379 g/mol. The SMILES string of the molecule is O=C(c1cccc(-c2cc3ccccc3oc2=O)c1)N1CCCC(O)(CO)C1.